The molecule has 9 nitrogen and oxygen atoms in total. The minimum Gasteiger partial charge on any atom is -0.502 e. The topological polar surface area (TPSA) is 119 Å². The molecule has 1 aliphatic carbocycles. The fourth-order valence-corrected chi connectivity index (χ4v) is 5.70. The number of esters is 1. The number of ether oxygens (including phenoxy) is 5. The average molecular weight is 501 g/mol. The zero-order chi connectivity index (χ0) is 25.7. The highest BCUT2D eigenvalue weighted by Gasteiger charge is 2.52. The molecule has 1 saturated heterocycles. The molecule has 4 atom stereocenters. The number of phenols is 1. The van der Waals surface area contributed by atoms with E-state index < -0.39 is 11.8 Å². The molecule has 3 aromatic carbocycles. The summed E-state index contributed by atoms with van der Waals surface area (Å²) in [6, 6.07) is 16.4. The Balaban J connectivity index is 1.55. The highest BCUT2D eigenvalue weighted by molar-refractivity contribution is 5.79. The number of fused-ring (bicyclic) bond motifs is 3. The van der Waals surface area contributed by atoms with Crippen molar-refractivity contribution in [2.45, 2.75) is 12.0 Å². The predicted octanol–water partition coefficient (Wildman–Crippen LogP) is 4.10. The summed E-state index contributed by atoms with van der Waals surface area (Å²) in [4.78, 5) is 13.2. The van der Waals surface area contributed by atoms with E-state index in [-0.39, 0.29) is 48.6 Å². The second kappa shape index (κ2) is 8.82. The van der Waals surface area contributed by atoms with Crippen LogP contribution in [0.4, 0.5) is 5.69 Å². The Labute approximate surface area is 213 Å². The third kappa shape index (κ3) is 3.64. The van der Waals surface area contributed by atoms with Crippen LogP contribution in [0.15, 0.2) is 48.5 Å². The number of methoxy groups -OCH3 is 2. The maximum atomic E-state index is 13.2. The van der Waals surface area contributed by atoms with E-state index in [9.17, 15) is 15.2 Å². The van der Waals surface area contributed by atoms with Gasteiger partial charge >= 0.3 is 5.97 Å². The van der Waals surface area contributed by atoms with Crippen molar-refractivity contribution in [3.05, 3.63) is 70.8 Å². The fourth-order valence-electron chi connectivity index (χ4n) is 5.70. The van der Waals surface area contributed by atoms with Gasteiger partial charge in [0.05, 0.1) is 44.4 Å². The summed E-state index contributed by atoms with van der Waals surface area (Å²) >= 11 is 0. The Morgan fingerprint density at radius 3 is 2.38 bits per heavy atom. The molecule has 3 aliphatic rings. The molecule has 0 amide bonds. The van der Waals surface area contributed by atoms with Crippen LogP contribution in [-0.4, -0.2) is 38.7 Å². The molecule has 2 aliphatic heterocycles. The summed E-state index contributed by atoms with van der Waals surface area (Å²) in [5.74, 6) is 0.124. The first-order valence-electron chi connectivity index (χ1n) is 11.8. The van der Waals surface area contributed by atoms with E-state index >= 15 is 0 Å². The van der Waals surface area contributed by atoms with Crippen molar-refractivity contribution >= 4 is 11.7 Å². The lowest BCUT2D eigenvalue weighted by Crippen LogP contribution is -2.37. The molecule has 2 N–H and O–H groups in total. The first kappa shape index (κ1) is 22.9. The number of cyclic esters (lactones) is 1. The van der Waals surface area contributed by atoms with Gasteiger partial charge < -0.3 is 34.1 Å². The SMILES string of the molecule is COc1cc([C@@H]2c3cc4c(cc3[C@@H](Nc3cccc(C#N)c3)[C@H]3COC(=O)[C@H]23)OCO4)cc(OC)c1O. The van der Waals surface area contributed by atoms with Crippen LogP contribution < -0.4 is 24.3 Å². The van der Waals surface area contributed by atoms with Crippen LogP contribution in [0.5, 0.6) is 28.7 Å². The molecule has 6 rings (SSSR count). The van der Waals surface area contributed by atoms with Gasteiger partial charge in [0.2, 0.25) is 12.5 Å². The molecule has 2 heterocycles. The van der Waals surface area contributed by atoms with E-state index in [0.29, 0.717) is 17.1 Å². The standard InChI is InChI=1S/C28H24N2O7/c1-33-22-7-15(8-23(34-2)27(22)31)24-17-9-20-21(37-13-36-20)10-18(17)26(19-12-35-28(32)25(19)24)30-16-5-3-4-14(6-16)11-29/h3-10,19,24-26,30-31H,12-13H2,1-2H3/t19-,24+,25-,26+/m0/s1. The van der Waals surface area contributed by atoms with Crippen LogP contribution in [-0.2, 0) is 9.53 Å². The number of anilines is 1. The average Bonchev–Trinajstić information content (AvgIpc) is 3.54. The summed E-state index contributed by atoms with van der Waals surface area (Å²) < 4.78 is 27.8. The number of phenolic OH excluding ortho intramolecular Hbond substituents is 1. The Morgan fingerprint density at radius 2 is 1.70 bits per heavy atom. The number of carbonyl (C=O) groups excluding carboxylic acids is 1. The first-order chi connectivity index (χ1) is 18.0. The van der Waals surface area contributed by atoms with Gasteiger partial charge in [0.25, 0.3) is 0 Å². The number of benzene rings is 3. The number of nitriles is 1. The van der Waals surface area contributed by atoms with Crippen molar-refractivity contribution in [2.24, 2.45) is 11.8 Å². The molecule has 1 fully saturated rings. The summed E-state index contributed by atoms with van der Waals surface area (Å²) in [6.45, 7) is 0.344. The molecule has 0 radical (unpaired) electrons. The smallest absolute Gasteiger partial charge is 0.310 e. The highest BCUT2D eigenvalue weighted by Crippen LogP contribution is 2.56. The van der Waals surface area contributed by atoms with Crippen molar-refractivity contribution in [1.82, 2.24) is 0 Å². The minimum absolute atomic E-state index is 0.112. The normalized spacial score (nSPS) is 22.9. The summed E-state index contributed by atoms with van der Waals surface area (Å²) in [7, 11) is 2.93. The van der Waals surface area contributed by atoms with Crippen molar-refractivity contribution in [3.63, 3.8) is 0 Å². The number of hydrogen-bond acceptors (Lipinski definition) is 9. The van der Waals surface area contributed by atoms with Gasteiger partial charge in [-0.1, -0.05) is 6.07 Å². The van der Waals surface area contributed by atoms with E-state index in [2.05, 4.69) is 11.4 Å². The van der Waals surface area contributed by atoms with Gasteiger partial charge in [-0.2, -0.15) is 5.26 Å². The Bertz CT molecular complexity index is 1420. The van der Waals surface area contributed by atoms with E-state index in [1.165, 1.54) is 14.2 Å². The van der Waals surface area contributed by atoms with Crippen LogP contribution in [0.3, 0.4) is 0 Å². The maximum absolute atomic E-state index is 13.2. The Kier molecular flexibility index (Phi) is 5.45. The van der Waals surface area contributed by atoms with Gasteiger partial charge in [-0.05, 0) is 59.2 Å². The molecule has 3 aromatic rings. The number of hydrogen-bond donors (Lipinski definition) is 2. The lowest BCUT2D eigenvalue weighted by molar-refractivity contribution is -0.141. The van der Waals surface area contributed by atoms with Crippen LogP contribution >= 0.6 is 0 Å². The fraction of sp³-hybridized carbons (Fsp3) is 0.286. The van der Waals surface area contributed by atoms with Gasteiger partial charge in [-0.15, -0.1) is 0 Å². The number of rotatable bonds is 5. The van der Waals surface area contributed by atoms with Crippen molar-refractivity contribution in [2.75, 3.05) is 32.9 Å². The van der Waals surface area contributed by atoms with E-state index in [1.807, 2.05) is 24.3 Å². The number of nitrogens with one attached hydrogen (secondary N) is 1. The summed E-state index contributed by atoms with van der Waals surface area (Å²) in [6.07, 6.45) is 0. The van der Waals surface area contributed by atoms with E-state index in [1.54, 1.807) is 24.3 Å². The first-order valence-corrected chi connectivity index (χ1v) is 11.8. The number of nitrogens with zero attached hydrogens (tertiary/aromatic N) is 1. The van der Waals surface area contributed by atoms with E-state index in [4.69, 9.17) is 23.7 Å². The zero-order valence-corrected chi connectivity index (χ0v) is 20.2. The summed E-state index contributed by atoms with van der Waals surface area (Å²) in [5.41, 5.74) is 3.83. The van der Waals surface area contributed by atoms with Crippen LogP contribution in [0.1, 0.15) is 34.2 Å². The molecule has 0 unspecified atom stereocenters. The molecular weight excluding hydrogens is 476 g/mol. The van der Waals surface area contributed by atoms with Crippen molar-refractivity contribution < 1.29 is 33.6 Å². The predicted molar refractivity (Wildman–Crippen MR) is 131 cm³/mol. The third-order valence-electron chi connectivity index (χ3n) is 7.36. The number of aromatic hydroxyl groups is 1. The largest absolute Gasteiger partial charge is 0.502 e. The molecular formula is C28H24N2O7. The second-order valence-corrected chi connectivity index (χ2v) is 9.22. The highest BCUT2D eigenvalue weighted by atomic mass is 16.7. The number of carbonyl (C=O) groups is 1. The van der Waals surface area contributed by atoms with Crippen LogP contribution in [0.2, 0.25) is 0 Å². The summed E-state index contributed by atoms with van der Waals surface area (Å²) in [5, 5.41) is 23.4. The molecule has 188 valence electrons. The van der Waals surface area contributed by atoms with Gasteiger partial charge in [0, 0.05) is 17.5 Å². The monoisotopic (exact) mass is 500 g/mol. The lowest BCUT2D eigenvalue weighted by Gasteiger charge is -2.40. The molecule has 9 heteroatoms. The molecule has 0 spiro atoms. The maximum Gasteiger partial charge on any atom is 0.310 e. The van der Waals surface area contributed by atoms with Crippen LogP contribution in [0, 0.1) is 23.2 Å². The van der Waals surface area contributed by atoms with Crippen molar-refractivity contribution in [1.29, 1.82) is 5.26 Å². The van der Waals surface area contributed by atoms with Crippen molar-refractivity contribution in [3.8, 4) is 34.8 Å². The second-order valence-electron chi connectivity index (χ2n) is 9.22. The molecule has 0 bridgehead atoms. The van der Waals surface area contributed by atoms with Gasteiger partial charge in [0.1, 0.15) is 0 Å². The third-order valence-corrected chi connectivity index (χ3v) is 7.36. The minimum atomic E-state index is -0.525. The quantitative estimate of drug-likeness (QED) is 0.499. The van der Waals surface area contributed by atoms with Gasteiger partial charge in [-0.3, -0.25) is 4.79 Å². The molecule has 37 heavy (non-hydrogen) atoms. The van der Waals surface area contributed by atoms with Gasteiger partial charge in [0.15, 0.2) is 23.0 Å². The Morgan fingerprint density at radius 1 is 1.00 bits per heavy atom. The molecule has 0 saturated carbocycles. The lowest BCUT2D eigenvalue weighted by atomic mass is 9.65. The molecule has 0 aromatic heterocycles. The van der Waals surface area contributed by atoms with Crippen LogP contribution in [0.25, 0.3) is 0 Å². The Hall–Kier alpha value is -4.58. The van der Waals surface area contributed by atoms with Gasteiger partial charge in [-0.25, -0.2) is 0 Å². The van der Waals surface area contributed by atoms with E-state index in [0.717, 1.165) is 22.4 Å². The zero-order valence-electron chi connectivity index (χ0n) is 20.2.